The van der Waals surface area contributed by atoms with Crippen LogP contribution in [-0.4, -0.2) is 64.2 Å². The number of carbonyl (C=O) groups excluding carboxylic acids is 3. The summed E-state index contributed by atoms with van der Waals surface area (Å²) >= 11 is 0. The molecule has 0 saturated carbocycles. The van der Waals surface area contributed by atoms with Gasteiger partial charge in [0.25, 0.3) is 0 Å². The fraction of sp³-hybridized carbons (Fsp3) is 0.583. The van der Waals surface area contributed by atoms with Gasteiger partial charge in [0.1, 0.15) is 30.6 Å². The van der Waals surface area contributed by atoms with Crippen LogP contribution in [0.25, 0.3) is 5.52 Å². The number of carbonyl (C=O) groups is 3. The first-order valence-electron chi connectivity index (χ1n) is 12.2. The van der Waals surface area contributed by atoms with Gasteiger partial charge in [-0.3, -0.25) is 9.59 Å². The molecule has 0 aromatic carbocycles. The van der Waals surface area contributed by atoms with E-state index in [2.05, 4.69) is 16.2 Å². The normalized spacial score (nSPS) is 25.8. The van der Waals surface area contributed by atoms with E-state index >= 15 is 0 Å². The number of hydrogen-bond donors (Lipinski definition) is 1. The molecule has 0 spiro atoms. The fourth-order valence-corrected chi connectivity index (χ4v) is 4.49. The van der Waals surface area contributed by atoms with Gasteiger partial charge in [0.2, 0.25) is 5.60 Å². The monoisotopic (exact) mass is 515 g/mol. The van der Waals surface area contributed by atoms with Crippen molar-refractivity contribution in [2.75, 3.05) is 18.9 Å². The van der Waals surface area contributed by atoms with Crippen LogP contribution >= 0.6 is 0 Å². The van der Waals surface area contributed by atoms with E-state index in [4.69, 9.17) is 29.4 Å². The highest BCUT2D eigenvalue weighted by Gasteiger charge is 2.63. The third-order valence-electron chi connectivity index (χ3n) is 6.68. The minimum Gasteiger partial charge on any atom is -0.455 e. The van der Waals surface area contributed by atoms with Crippen molar-refractivity contribution in [1.29, 1.82) is 5.26 Å². The molecular weight excluding hydrogens is 486 g/mol. The lowest BCUT2D eigenvalue weighted by atomic mass is 9.92. The topological polar surface area (TPSA) is 177 Å². The third-order valence-corrected chi connectivity index (χ3v) is 6.68. The predicted molar refractivity (Wildman–Crippen MR) is 125 cm³/mol. The molecule has 0 radical (unpaired) electrons. The van der Waals surface area contributed by atoms with Crippen molar-refractivity contribution in [2.24, 2.45) is 5.92 Å². The van der Waals surface area contributed by atoms with Gasteiger partial charge in [0.05, 0.1) is 12.3 Å². The van der Waals surface area contributed by atoms with Gasteiger partial charge in [-0.1, -0.05) is 26.7 Å². The minimum absolute atomic E-state index is 0.0271. The van der Waals surface area contributed by atoms with E-state index in [9.17, 15) is 19.6 Å². The molecule has 2 aromatic rings. The van der Waals surface area contributed by atoms with Crippen molar-refractivity contribution in [3.8, 4) is 6.07 Å². The van der Waals surface area contributed by atoms with Gasteiger partial charge in [0.15, 0.2) is 18.0 Å². The van der Waals surface area contributed by atoms with Crippen LogP contribution in [0.4, 0.5) is 10.6 Å². The maximum atomic E-state index is 12.6. The van der Waals surface area contributed by atoms with E-state index in [-0.39, 0.29) is 43.3 Å². The van der Waals surface area contributed by atoms with Crippen LogP contribution in [0.5, 0.6) is 0 Å². The summed E-state index contributed by atoms with van der Waals surface area (Å²) in [4.78, 5) is 41.3. The summed E-state index contributed by atoms with van der Waals surface area (Å²) in [5, 5.41) is 14.6. The van der Waals surface area contributed by atoms with E-state index in [0.29, 0.717) is 5.52 Å². The molecule has 13 heteroatoms. The molecule has 2 saturated heterocycles. The Balaban J connectivity index is 1.67. The summed E-state index contributed by atoms with van der Waals surface area (Å²) in [6.45, 7) is 3.76. The first kappa shape index (κ1) is 26.2. The second-order valence-electron chi connectivity index (χ2n) is 8.94. The zero-order chi connectivity index (χ0) is 26.6. The van der Waals surface area contributed by atoms with E-state index in [1.165, 1.54) is 16.9 Å². The Hall–Kier alpha value is -3.92. The van der Waals surface area contributed by atoms with Crippen molar-refractivity contribution in [3.63, 3.8) is 0 Å². The Labute approximate surface area is 212 Å². The van der Waals surface area contributed by atoms with Crippen LogP contribution in [-0.2, 0) is 38.9 Å². The number of fused-ring (bicyclic) bond motifs is 2. The number of rotatable bonds is 7. The molecule has 0 bridgehead atoms. The lowest BCUT2D eigenvalue weighted by Crippen LogP contribution is -2.45. The van der Waals surface area contributed by atoms with Crippen LogP contribution in [0.1, 0.15) is 51.6 Å². The number of hydrogen-bond acceptors (Lipinski definition) is 12. The van der Waals surface area contributed by atoms with Crippen molar-refractivity contribution >= 4 is 29.4 Å². The molecule has 4 rings (SSSR count). The molecule has 2 aliphatic rings. The molecule has 4 heterocycles. The maximum Gasteiger partial charge on any atom is 0.508 e. The van der Waals surface area contributed by atoms with E-state index < -0.39 is 48.6 Å². The Morgan fingerprint density at radius 3 is 2.68 bits per heavy atom. The lowest BCUT2D eigenvalue weighted by molar-refractivity contribution is -0.166. The van der Waals surface area contributed by atoms with Crippen LogP contribution in [0.2, 0.25) is 0 Å². The van der Waals surface area contributed by atoms with Gasteiger partial charge in [0, 0.05) is 12.8 Å². The molecule has 2 aliphatic heterocycles. The quantitative estimate of drug-likeness (QED) is 0.420. The Morgan fingerprint density at radius 1 is 1.24 bits per heavy atom. The average Bonchev–Trinajstić information content (AvgIpc) is 3.45. The molecule has 2 aromatic heterocycles. The zero-order valence-electron chi connectivity index (χ0n) is 20.6. The highest BCUT2D eigenvalue weighted by atomic mass is 16.7. The Kier molecular flexibility index (Phi) is 7.77. The lowest BCUT2D eigenvalue weighted by Gasteiger charge is -2.28. The van der Waals surface area contributed by atoms with Crippen LogP contribution in [0.3, 0.4) is 0 Å². The van der Waals surface area contributed by atoms with E-state index in [1.807, 2.05) is 13.8 Å². The summed E-state index contributed by atoms with van der Waals surface area (Å²) in [6.07, 6.45) is -1.68. The molecule has 37 heavy (non-hydrogen) atoms. The molecule has 0 amide bonds. The SMILES string of the molecule is CCC(CC)COC(=O)OC[C@H]1O[C@@](C#N)(c2ccc3c(N)ncnn23)[C@@H]2OC(=O)CCCC(=O)O[C@@H]21. The first-order valence-corrected chi connectivity index (χ1v) is 12.2. The summed E-state index contributed by atoms with van der Waals surface area (Å²) in [5.74, 6) is -0.879. The fourth-order valence-electron chi connectivity index (χ4n) is 4.49. The summed E-state index contributed by atoms with van der Waals surface area (Å²) in [6, 6.07) is 5.21. The van der Waals surface area contributed by atoms with Crippen molar-refractivity contribution in [2.45, 2.75) is 69.9 Å². The Morgan fingerprint density at radius 2 is 1.97 bits per heavy atom. The molecule has 13 nitrogen and oxygen atoms in total. The third kappa shape index (κ3) is 5.15. The molecular formula is C24H29N5O8. The van der Waals surface area contributed by atoms with Gasteiger partial charge < -0.3 is 29.4 Å². The van der Waals surface area contributed by atoms with Crippen LogP contribution < -0.4 is 5.73 Å². The molecule has 0 unspecified atom stereocenters. The predicted octanol–water partition coefficient (Wildman–Crippen LogP) is 2.03. The number of aromatic nitrogens is 3. The van der Waals surface area contributed by atoms with Gasteiger partial charge in [-0.25, -0.2) is 14.3 Å². The highest BCUT2D eigenvalue weighted by Crippen LogP contribution is 2.44. The smallest absolute Gasteiger partial charge is 0.455 e. The van der Waals surface area contributed by atoms with E-state index in [0.717, 1.165) is 12.8 Å². The van der Waals surface area contributed by atoms with Gasteiger partial charge in [-0.2, -0.15) is 10.4 Å². The second kappa shape index (κ2) is 11.0. The van der Waals surface area contributed by atoms with Crippen LogP contribution in [0.15, 0.2) is 18.5 Å². The number of nitrogen functional groups attached to an aromatic ring is 1. The van der Waals surface area contributed by atoms with Crippen molar-refractivity contribution < 1.29 is 38.1 Å². The summed E-state index contributed by atoms with van der Waals surface area (Å²) in [7, 11) is 0. The second-order valence-corrected chi connectivity index (χ2v) is 8.94. The number of nitriles is 1. The zero-order valence-corrected chi connectivity index (χ0v) is 20.6. The average molecular weight is 516 g/mol. The molecule has 2 N–H and O–H groups in total. The number of nitrogens with zero attached hydrogens (tertiary/aromatic N) is 4. The molecule has 2 fully saturated rings. The summed E-state index contributed by atoms with van der Waals surface area (Å²) in [5.41, 5.74) is 4.55. The Bertz CT molecular complexity index is 1210. The molecule has 4 atom stereocenters. The number of ether oxygens (including phenoxy) is 5. The minimum atomic E-state index is -1.97. The molecule has 198 valence electrons. The van der Waals surface area contributed by atoms with Crippen molar-refractivity contribution in [3.05, 3.63) is 24.2 Å². The summed E-state index contributed by atoms with van der Waals surface area (Å²) < 4.78 is 29.2. The maximum absolute atomic E-state index is 12.6. The largest absolute Gasteiger partial charge is 0.508 e. The van der Waals surface area contributed by atoms with Crippen LogP contribution in [0, 0.1) is 17.2 Å². The highest BCUT2D eigenvalue weighted by molar-refractivity contribution is 5.74. The van der Waals surface area contributed by atoms with E-state index in [1.54, 1.807) is 6.07 Å². The number of anilines is 1. The van der Waals surface area contributed by atoms with Gasteiger partial charge in [-0.05, 0) is 24.5 Å². The number of esters is 2. The number of nitrogens with two attached hydrogens (primary N) is 1. The van der Waals surface area contributed by atoms with Crippen molar-refractivity contribution in [1.82, 2.24) is 14.6 Å². The van der Waals surface area contributed by atoms with Gasteiger partial charge >= 0.3 is 18.1 Å². The van der Waals surface area contributed by atoms with Gasteiger partial charge in [-0.15, -0.1) is 0 Å². The first-order chi connectivity index (χ1) is 17.8. The molecule has 0 aliphatic carbocycles. The standard InChI is InChI=1S/C24H29N5O8/c1-3-14(4-2)10-33-23(32)34-11-16-20-21(36-19(31)7-5-6-18(30)35-20)24(12-25,37-16)17-9-8-15-22(26)27-13-28-29(15)17/h8-9,13-14,16,20-21H,3-7,10-11H2,1-2H3,(H2,26,27,28)/t16-,20-,21-,24+/m1/s1.